The Labute approximate surface area is 90.0 Å². The van der Waals surface area contributed by atoms with Gasteiger partial charge in [0.05, 0.1) is 0 Å². The second-order valence-electron chi connectivity index (χ2n) is 4.50. The lowest BCUT2D eigenvalue weighted by molar-refractivity contribution is -0.132. The van der Waals surface area contributed by atoms with Gasteiger partial charge in [-0.05, 0) is 19.3 Å². The number of nitrogens with one attached hydrogen (secondary N) is 1. The maximum Gasteiger partial charge on any atom is 0.332 e. The topological polar surface area (TPSA) is 52.6 Å². The van der Waals surface area contributed by atoms with Crippen LogP contribution in [0.2, 0.25) is 0 Å². The van der Waals surface area contributed by atoms with Crippen molar-refractivity contribution >= 4 is 5.97 Å². The van der Waals surface area contributed by atoms with Crippen LogP contribution in [0.25, 0.3) is 0 Å². The van der Waals surface area contributed by atoms with E-state index in [1.54, 1.807) is 0 Å². The largest absolute Gasteiger partial charge is 0.478 e. The molecule has 1 heterocycles. The lowest BCUT2D eigenvalue weighted by Crippen LogP contribution is -2.35. The molecule has 1 aliphatic heterocycles. The van der Waals surface area contributed by atoms with Crippen LogP contribution in [0, 0.1) is 0 Å². The van der Waals surface area contributed by atoms with Crippen molar-refractivity contribution in [1.29, 1.82) is 0 Å². The van der Waals surface area contributed by atoms with Crippen molar-refractivity contribution < 1.29 is 9.90 Å². The van der Waals surface area contributed by atoms with Gasteiger partial charge in [-0.3, -0.25) is 4.90 Å². The molecule has 15 heavy (non-hydrogen) atoms. The summed E-state index contributed by atoms with van der Waals surface area (Å²) < 4.78 is 0. The molecule has 2 fully saturated rings. The first-order chi connectivity index (χ1) is 7.16. The molecule has 1 saturated heterocycles. The summed E-state index contributed by atoms with van der Waals surface area (Å²) in [6, 6.07) is 1.26. The summed E-state index contributed by atoms with van der Waals surface area (Å²) in [6.45, 7) is 6.13. The van der Waals surface area contributed by atoms with Crippen molar-refractivity contribution in [2.75, 3.05) is 19.6 Å². The van der Waals surface area contributed by atoms with Gasteiger partial charge in [-0.15, -0.1) is 0 Å². The number of nitrogens with zero attached hydrogens (tertiary/aromatic N) is 1. The highest BCUT2D eigenvalue weighted by atomic mass is 16.4. The summed E-state index contributed by atoms with van der Waals surface area (Å²) in [5.74, 6) is -0.903. The third-order valence-corrected chi connectivity index (χ3v) is 3.19. The van der Waals surface area contributed by atoms with Gasteiger partial charge in [0.15, 0.2) is 0 Å². The van der Waals surface area contributed by atoms with Crippen LogP contribution in [0.15, 0.2) is 12.2 Å². The van der Waals surface area contributed by atoms with Crippen LogP contribution in [-0.2, 0) is 4.79 Å². The molecular weight excluding hydrogens is 192 g/mol. The van der Waals surface area contributed by atoms with E-state index in [1.807, 2.05) is 0 Å². The van der Waals surface area contributed by atoms with Gasteiger partial charge < -0.3 is 10.4 Å². The summed E-state index contributed by atoms with van der Waals surface area (Å²) in [4.78, 5) is 13.0. The summed E-state index contributed by atoms with van der Waals surface area (Å²) >= 11 is 0. The summed E-state index contributed by atoms with van der Waals surface area (Å²) in [5.41, 5.74) is 0.250. The quantitative estimate of drug-likeness (QED) is 0.647. The van der Waals surface area contributed by atoms with Crippen molar-refractivity contribution in [3.8, 4) is 0 Å². The Hall–Kier alpha value is -0.870. The molecule has 2 N–H and O–H groups in total. The van der Waals surface area contributed by atoms with E-state index >= 15 is 0 Å². The number of hydrogen-bond donors (Lipinski definition) is 2. The van der Waals surface area contributed by atoms with Crippen LogP contribution in [0.5, 0.6) is 0 Å². The number of carbonyl (C=O) groups is 1. The van der Waals surface area contributed by atoms with E-state index in [0.29, 0.717) is 12.6 Å². The molecule has 0 radical (unpaired) electrons. The van der Waals surface area contributed by atoms with Crippen LogP contribution in [0.4, 0.5) is 0 Å². The Morgan fingerprint density at radius 3 is 2.80 bits per heavy atom. The van der Waals surface area contributed by atoms with E-state index in [4.69, 9.17) is 5.11 Å². The van der Waals surface area contributed by atoms with Crippen LogP contribution in [0.1, 0.15) is 19.3 Å². The van der Waals surface area contributed by atoms with E-state index in [9.17, 15) is 4.79 Å². The normalized spacial score (nSPS) is 26.8. The number of carboxylic acids is 1. The third-order valence-electron chi connectivity index (χ3n) is 3.19. The lowest BCUT2D eigenvalue weighted by Gasteiger charge is -2.15. The standard InChI is InChI=1S/C11H18N2O2/c1-8(11(14)15)6-12-9-4-5-13(7-9)10-2-3-10/h9-10,12H,1-7H2,(H,14,15). The molecule has 0 amide bonds. The Morgan fingerprint density at radius 1 is 1.47 bits per heavy atom. The van der Waals surface area contributed by atoms with Crippen molar-refractivity contribution in [3.63, 3.8) is 0 Å². The van der Waals surface area contributed by atoms with E-state index in [0.717, 1.165) is 25.6 Å². The Kier molecular flexibility index (Phi) is 3.07. The third kappa shape index (κ3) is 2.79. The van der Waals surface area contributed by atoms with Crippen molar-refractivity contribution in [2.45, 2.75) is 31.3 Å². The number of carboxylic acid groups (broad SMARTS) is 1. The molecule has 1 aliphatic carbocycles. The molecule has 2 aliphatic rings. The van der Waals surface area contributed by atoms with E-state index in [-0.39, 0.29) is 5.57 Å². The fourth-order valence-corrected chi connectivity index (χ4v) is 2.07. The minimum absolute atomic E-state index is 0.250. The molecule has 0 bridgehead atoms. The summed E-state index contributed by atoms with van der Waals surface area (Å²) in [6.07, 6.45) is 3.81. The van der Waals surface area contributed by atoms with E-state index < -0.39 is 5.97 Å². The fraction of sp³-hybridized carbons (Fsp3) is 0.727. The predicted molar refractivity (Wildman–Crippen MR) is 57.8 cm³/mol. The fourth-order valence-electron chi connectivity index (χ4n) is 2.07. The highest BCUT2D eigenvalue weighted by Crippen LogP contribution is 2.29. The molecule has 0 aromatic rings. The maximum atomic E-state index is 10.5. The molecule has 1 saturated carbocycles. The Morgan fingerprint density at radius 2 is 2.20 bits per heavy atom. The van der Waals surface area contributed by atoms with Gasteiger partial charge in [-0.25, -0.2) is 4.79 Å². The summed E-state index contributed by atoms with van der Waals surface area (Å²) in [5, 5.41) is 11.9. The Balaban J connectivity index is 1.68. The molecule has 4 nitrogen and oxygen atoms in total. The first-order valence-electron chi connectivity index (χ1n) is 5.55. The highest BCUT2D eigenvalue weighted by Gasteiger charge is 2.34. The highest BCUT2D eigenvalue weighted by molar-refractivity contribution is 5.86. The molecule has 84 valence electrons. The molecule has 4 heteroatoms. The van der Waals surface area contributed by atoms with Crippen LogP contribution < -0.4 is 5.32 Å². The zero-order chi connectivity index (χ0) is 10.8. The average molecular weight is 210 g/mol. The molecular formula is C11H18N2O2. The SMILES string of the molecule is C=C(CNC1CCN(C2CC2)C1)C(=O)O. The molecule has 0 aromatic carbocycles. The molecule has 2 rings (SSSR count). The molecule has 0 aromatic heterocycles. The van der Waals surface area contributed by atoms with Crippen molar-refractivity contribution in [3.05, 3.63) is 12.2 Å². The number of aliphatic carboxylic acids is 1. The van der Waals surface area contributed by atoms with Gasteiger partial charge in [-0.2, -0.15) is 0 Å². The van der Waals surface area contributed by atoms with Crippen LogP contribution in [-0.4, -0.2) is 47.7 Å². The maximum absolute atomic E-state index is 10.5. The van der Waals surface area contributed by atoms with Gasteiger partial charge >= 0.3 is 5.97 Å². The van der Waals surface area contributed by atoms with Crippen molar-refractivity contribution in [2.24, 2.45) is 0 Å². The smallest absolute Gasteiger partial charge is 0.332 e. The molecule has 1 atom stereocenters. The average Bonchev–Trinajstić information content (AvgIpc) is 2.95. The lowest BCUT2D eigenvalue weighted by atomic mass is 10.2. The van der Waals surface area contributed by atoms with E-state index in [1.165, 1.54) is 12.8 Å². The molecule has 1 unspecified atom stereocenters. The second-order valence-corrected chi connectivity index (χ2v) is 4.50. The zero-order valence-electron chi connectivity index (χ0n) is 8.91. The summed E-state index contributed by atoms with van der Waals surface area (Å²) in [7, 11) is 0. The number of likely N-dealkylation sites (tertiary alicyclic amines) is 1. The predicted octanol–water partition coefficient (Wildman–Crippen LogP) is 0.453. The van der Waals surface area contributed by atoms with Crippen LogP contribution >= 0.6 is 0 Å². The zero-order valence-corrected chi connectivity index (χ0v) is 8.91. The first kappa shape index (κ1) is 10.6. The first-order valence-corrected chi connectivity index (χ1v) is 5.55. The van der Waals surface area contributed by atoms with Gasteiger partial charge in [0.1, 0.15) is 0 Å². The van der Waals surface area contributed by atoms with Gasteiger partial charge in [0, 0.05) is 37.3 Å². The van der Waals surface area contributed by atoms with Crippen molar-refractivity contribution in [1.82, 2.24) is 10.2 Å². The second kappa shape index (κ2) is 4.33. The molecule has 0 spiro atoms. The number of rotatable bonds is 5. The van der Waals surface area contributed by atoms with Gasteiger partial charge in [0.2, 0.25) is 0 Å². The number of hydrogen-bond acceptors (Lipinski definition) is 3. The van der Waals surface area contributed by atoms with Crippen LogP contribution in [0.3, 0.4) is 0 Å². The van der Waals surface area contributed by atoms with Gasteiger partial charge in [-0.1, -0.05) is 6.58 Å². The monoisotopic (exact) mass is 210 g/mol. The Bertz CT molecular complexity index is 274. The van der Waals surface area contributed by atoms with Gasteiger partial charge in [0.25, 0.3) is 0 Å². The minimum atomic E-state index is -0.903. The van der Waals surface area contributed by atoms with E-state index in [2.05, 4.69) is 16.8 Å². The minimum Gasteiger partial charge on any atom is -0.478 e.